The lowest BCUT2D eigenvalue weighted by atomic mass is 10.0. The molecule has 4 nitrogen and oxygen atoms in total. The van der Waals surface area contributed by atoms with Gasteiger partial charge in [0.2, 0.25) is 5.95 Å². The molecule has 6 aromatic carbocycles. The maximum atomic E-state index is 8.91. The molecule has 0 N–H and O–H groups in total. The van der Waals surface area contributed by atoms with Crippen LogP contribution < -0.4 is 0 Å². The highest BCUT2D eigenvalue weighted by Crippen LogP contribution is 2.32. The fourth-order valence-electron chi connectivity index (χ4n) is 4.87. The van der Waals surface area contributed by atoms with Gasteiger partial charge in [0.05, 0.1) is 28.9 Å². The summed E-state index contributed by atoms with van der Waals surface area (Å²) in [6.45, 7) is 0. The summed E-state index contributed by atoms with van der Waals surface area (Å²) in [7, 11) is 0. The topological polar surface area (TPSA) is 43.6 Å². The third-order valence-electron chi connectivity index (χ3n) is 6.81. The Morgan fingerprint density at radius 1 is 0.463 bits per heavy atom. The van der Waals surface area contributed by atoms with E-state index >= 15 is 0 Å². The quantitative estimate of drug-likeness (QED) is 0.225. The maximum absolute atomic E-state index is 8.91. The highest BCUT2D eigenvalue weighted by Gasteiger charge is 2.17. The molecular weight excluding hydrogens is 500 g/mol. The molecule has 2 aromatic heterocycles. The molecular formula is C37H24N4. The van der Waals surface area contributed by atoms with Gasteiger partial charge in [0.25, 0.3) is 0 Å². The Morgan fingerprint density at radius 2 is 1.02 bits per heavy atom. The standard InChI is InChI=1S/C37H24N4/c1-2-11-27(12-3-1)35-38-36(28-21-18-26(19-22-28)30-23-20-25-10-4-5-13-29(25)24-30)40-37(39-35)41-33-16-8-6-14-31(33)32-15-7-9-17-34(32)41/h1-24H/i1D,2D,3D,6D,7D,8D,9D,11D,12D,14D,15D,16D,17D. The Morgan fingerprint density at radius 3 is 1.73 bits per heavy atom. The third kappa shape index (κ3) is 4.05. The normalized spacial score (nSPS) is 15.9. The number of rotatable bonds is 4. The van der Waals surface area contributed by atoms with Crippen LogP contribution in [-0.2, 0) is 0 Å². The van der Waals surface area contributed by atoms with Crippen LogP contribution in [0.3, 0.4) is 0 Å². The van der Waals surface area contributed by atoms with Crippen LogP contribution in [0.15, 0.2) is 145 Å². The maximum Gasteiger partial charge on any atom is 0.238 e. The van der Waals surface area contributed by atoms with Crippen LogP contribution in [0.1, 0.15) is 17.8 Å². The summed E-state index contributed by atoms with van der Waals surface area (Å²) in [4.78, 5) is 13.7. The van der Waals surface area contributed by atoms with Gasteiger partial charge in [-0.05, 0) is 40.1 Å². The van der Waals surface area contributed by atoms with Crippen molar-refractivity contribution in [1.29, 1.82) is 0 Å². The molecule has 2 heterocycles. The van der Waals surface area contributed by atoms with E-state index in [1.807, 2.05) is 54.6 Å². The molecule has 0 aliphatic rings. The van der Waals surface area contributed by atoms with Gasteiger partial charge in [0, 0.05) is 21.9 Å². The molecule has 0 atom stereocenters. The van der Waals surface area contributed by atoms with Crippen LogP contribution in [0.25, 0.3) is 72.4 Å². The second kappa shape index (κ2) is 9.54. The summed E-state index contributed by atoms with van der Waals surface area (Å²) in [6.07, 6.45) is 0. The lowest BCUT2D eigenvalue weighted by Gasteiger charge is -2.11. The van der Waals surface area contributed by atoms with Crippen molar-refractivity contribution in [2.24, 2.45) is 0 Å². The van der Waals surface area contributed by atoms with E-state index in [4.69, 9.17) is 17.8 Å². The number of fused-ring (bicyclic) bond motifs is 4. The Labute approximate surface area is 255 Å². The molecule has 8 rings (SSSR count). The number of aromatic nitrogens is 4. The van der Waals surface area contributed by atoms with E-state index in [0.717, 1.165) is 26.5 Å². The minimum Gasteiger partial charge on any atom is -0.278 e. The summed E-state index contributed by atoms with van der Waals surface area (Å²) >= 11 is 0. The van der Waals surface area contributed by atoms with Crippen LogP contribution in [0.4, 0.5) is 0 Å². The van der Waals surface area contributed by atoms with Crippen molar-refractivity contribution in [3.8, 4) is 39.9 Å². The summed E-state index contributed by atoms with van der Waals surface area (Å²) in [5.74, 6) is -0.804. The zero-order chi connectivity index (χ0) is 38.5. The largest absolute Gasteiger partial charge is 0.278 e. The monoisotopic (exact) mass is 537 g/mol. The van der Waals surface area contributed by atoms with Crippen LogP contribution in [-0.4, -0.2) is 19.5 Å². The van der Waals surface area contributed by atoms with E-state index in [9.17, 15) is 0 Å². The van der Waals surface area contributed by atoms with Crippen molar-refractivity contribution in [2.75, 3.05) is 0 Å². The Kier molecular flexibility index (Phi) is 3.17. The van der Waals surface area contributed by atoms with Crippen LogP contribution in [0.2, 0.25) is 0 Å². The second-order valence-electron chi connectivity index (χ2n) is 9.20. The summed E-state index contributed by atoms with van der Waals surface area (Å²) in [6, 6.07) is 13.2. The molecule has 0 saturated heterocycles. The van der Waals surface area contributed by atoms with Gasteiger partial charge in [-0.25, -0.2) is 4.98 Å². The van der Waals surface area contributed by atoms with Gasteiger partial charge in [-0.1, -0.05) is 127 Å². The summed E-state index contributed by atoms with van der Waals surface area (Å²) in [5, 5.41) is 1.73. The first kappa shape index (κ1) is 13.6. The lowest BCUT2D eigenvalue weighted by Crippen LogP contribution is -2.06. The predicted octanol–water partition coefficient (Wildman–Crippen LogP) is 9.12. The number of benzene rings is 6. The van der Waals surface area contributed by atoms with E-state index in [2.05, 4.69) is 15.0 Å². The van der Waals surface area contributed by atoms with Gasteiger partial charge >= 0.3 is 0 Å². The van der Waals surface area contributed by atoms with Crippen LogP contribution in [0, 0.1) is 0 Å². The third-order valence-corrected chi connectivity index (χ3v) is 6.81. The molecule has 0 bridgehead atoms. The van der Waals surface area contributed by atoms with Crippen LogP contribution >= 0.6 is 0 Å². The fourth-order valence-corrected chi connectivity index (χ4v) is 4.87. The van der Waals surface area contributed by atoms with Gasteiger partial charge in [-0.15, -0.1) is 0 Å². The van der Waals surface area contributed by atoms with Gasteiger partial charge in [0.15, 0.2) is 11.6 Å². The summed E-state index contributed by atoms with van der Waals surface area (Å²) in [5.41, 5.74) is 1.33. The molecule has 0 unspecified atom stereocenters. The number of hydrogen-bond acceptors (Lipinski definition) is 3. The second-order valence-corrected chi connectivity index (χ2v) is 9.20. The van der Waals surface area contributed by atoms with Crippen molar-refractivity contribution in [3.05, 3.63) is 145 Å². The molecule has 0 fully saturated rings. The average molecular weight is 538 g/mol. The predicted molar refractivity (Wildman–Crippen MR) is 168 cm³/mol. The molecule has 192 valence electrons. The first-order chi connectivity index (χ1) is 25.7. The lowest BCUT2D eigenvalue weighted by molar-refractivity contribution is 0.953. The first-order valence-corrected chi connectivity index (χ1v) is 12.6. The van der Waals surface area contributed by atoms with Crippen molar-refractivity contribution in [3.63, 3.8) is 0 Å². The highest BCUT2D eigenvalue weighted by molar-refractivity contribution is 6.09. The zero-order valence-corrected chi connectivity index (χ0v) is 21.1. The molecule has 8 aromatic rings. The van der Waals surface area contributed by atoms with Gasteiger partial charge in [-0.2, -0.15) is 9.97 Å². The number of nitrogens with zero attached hydrogens (tertiary/aromatic N) is 4. The molecule has 0 radical (unpaired) electrons. The van der Waals surface area contributed by atoms with Gasteiger partial charge in [-0.3, -0.25) is 4.57 Å². The highest BCUT2D eigenvalue weighted by atomic mass is 15.2. The Hall–Kier alpha value is -5.61. The van der Waals surface area contributed by atoms with Crippen molar-refractivity contribution >= 4 is 32.6 Å². The van der Waals surface area contributed by atoms with Gasteiger partial charge < -0.3 is 0 Å². The molecule has 0 saturated carbocycles. The van der Waals surface area contributed by atoms with E-state index in [0.29, 0.717) is 5.56 Å². The Balaban J connectivity index is 1.46. The fraction of sp³-hybridized carbons (Fsp3) is 0. The Bertz CT molecular complexity index is 2820. The van der Waals surface area contributed by atoms with E-state index < -0.39 is 78.6 Å². The molecule has 0 amide bonds. The van der Waals surface area contributed by atoms with Gasteiger partial charge in [0.1, 0.15) is 0 Å². The molecule has 4 heteroatoms. The smallest absolute Gasteiger partial charge is 0.238 e. The van der Waals surface area contributed by atoms with E-state index in [-0.39, 0.29) is 45.0 Å². The molecule has 0 aliphatic carbocycles. The minimum atomic E-state index is -0.644. The van der Waals surface area contributed by atoms with E-state index in [1.54, 1.807) is 12.1 Å². The number of hydrogen-bond donors (Lipinski definition) is 0. The number of para-hydroxylation sites is 2. The van der Waals surface area contributed by atoms with Crippen molar-refractivity contribution < 1.29 is 17.8 Å². The van der Waals surface area contributed by atoms with E-state index in [1.165, 1.54) is 0 Å². The summed E-state index contributed by atoms with van der Waals surface area (Å²) < 4.78 is 112. The average Bonchev–Trinajstić information content (AvgIpc) is 3.55. The molecule has 41 heavy (non-hydrogen) atoms. The van der Waals surface area contributed by atoms with Crippen molar-refractivity contribution in [2.45, 2.75) is 0 Å². The molecule has 0 spiro atoms. The zero-order valence-electron chi connectivity index (χ0n) is 34.1. The minimum absolute atomic E-state index is 0.0523. The SMILES string of the molecule is [2H]c1c([2H])c([2H])c(-c2nc(-c3ccc(-c4ccc5ccccc5c4)cc3)nc(-n3c4c([2H])c([2H])c([2H])c([2H])c4c4c([2H])c([2H])c([2H])c([2H])c43)n2)c([2H])c1[2H]. The molecule has 0 aliphatic heterocycles. The van der Waals surface area contributed by atoms with Crippen LogP contribution in [0.5, 0.6) is 0 Å². The van der Waals surface area contributed by atoms with Crippen molar-refractivity contribution in [1.82, 2.24) is 19.5 Å². The first-order valence-electron chi connectivity index (χ1n) is 19.1.